The Labute approximate surface area is 88.0 Å². The normalized spacial score (nSPS) is 29.8. The number of hydrogen-bond acceptors (Lipinski definition) is 2. The second-order valence-corrected chi connectivity index (χ2v) is 3.98. The van der Waals surface area contributed by atoms with Gasteiger partial charge in [-0.1, -0.05) is 27.2 Å². The molecule has 2 aliphatic rings. The highest BCUT2D eigenvalue weighted by molar-refractivity contribution is 4.84. The van der Waals surface area contributed by atoms with Gasteiger partial charge in [0.15, 0.2) is 5.79 Å². The van der Waals surface area contributed by atoms with Crippen molar-refractivity contribution in [3.05, 3.63) is 0 Å². The van der Waals surface area contributed by atoms with Gasteiger partial charge >= 0.3 is 0 Å². The van der Waals surface area contributed by atoms with Gasteiger partial charge in [0, 0.05) is 12.8 Å². The molecule has 0 radical (unpaired) electrons. The molecule has 1 spiro atoms. The average Bonchev–Trinajstić information content (AvgIpc) is 2.66. The van der Waals surface area contributed by atoms with E-state index in [2.05, 4.69) is 6.92 Å². The van der Waals surface area contributed by atoms with Crippen molar-refractivity contribution in [3.63, 3.8) is 0 Å². The maximum atomic E-state index is 5.74. The van der Waals surface area contributed by atoms with Crippen LogP contribution in [0.1, 0.15) is 52.9 Å². The van der Waals surface area contributed by atoms with E-state index in [1.165, 1.54) is 12.8 Å². The summed E-state index contributed by atoms with van der Waals surface area (Å²) in [5, 5.41) is 0. The van der Waals surface area contributed by atoms with E-state index in [4.69, 9.17) is 9.47 Å². The van der Waals surface area contributed by atoms with Gasteiger partial charge in [-0.2, -0.15) is 0 Å². The van der Waals surface area contributed by atoms with Gasteiger partial charge in [-0.3, -0.25) is 0 Å². The van der Waals surface area contributed by atoms with Crippen LogP contribution in [0.25, 0.3) is 0 Å². The fraction of sp³-hybridized carbons (Fsp3) is 1.00. The van der Waals surface area contributed by atoms with Crippen LogP contribution >= 0.6 is 0 Å². The lowest BCUT2D eigenvalue weighted by atomic mass is 10.1. The van der Waals surface area contributed by atoms with Crippen LogP contribution in [0.3, 0.4) is 0 Å². The molecule has 1 unspecified atom stereocenters. The number of rotatable bonds is 1. The van der Waals surface area contributed by atoms with Crippen molar-refractivity contribution in [1.82, 2.24) is 0 Å². The molecular weight excluding hydrogens is 176 g/mol. The molecule has 0 bridgehead atoms. The molecule has 1 heterocycles. The van der Waals surface area contributed by atoms with Gasteiger partial charge < -0.3 is 9.47 Å². The largest absolute Gasteiger partial charge is 0.350 e. The van der Waals surface area contributed by atoms with Gasteiger partial charge in [0.05, 0.1) is 13.2 Å². The van der Waals surface area contributed by atoms with Crippen molar-refractivity contribution >= 4 is 0 Å². The molecule has 84 valence electrons. The highest BCUT2D eigenvalue weighted by Gasteiger charge is 2.41. The summed E-state index contributed by atoms with van der Waals surface area (Å²) < 4.78 is 11.5. The zero-order valence-electron chi connectivity index (χ0n) is 9.84. The van der Waals surface area contributed by atoms with E-state index >= 15 is 0 Å². The Morgan fingerprint density at radius 3 is 2.36 bits per heavy atom. The Kier molecular flexibility index (Phi) is 4.90. The van der Waals surface area contributed by atoms with Crippen molar-refractivity contribution < 1.29 is 9.47 Å². The molecular formula is C12H24O2. The summed E-state index contributed by atoms with van der Waals surface area (Å²) in [7, 11) is 0. The Morgan fingerprint density at radius 2 is 1.86 bits per heavy atom. The first-order chi connectivity index (χ1) is 6.85. The highest BCUT2D eigenvalue weighted by Crippen LogP contribution is 2.41. The Morgan fingerprint density at radius 1 is 1.21 bits per heavy atom. The van der Waals surface area contributed by atoms with Crippen molar-refractivity contribution in [1.29, 1.82) is 0 Å². The maximum Gasteiger partial charge on any atom is 0.168 e. The van der Waals surface area contributed by atoms with Crippen LogP contribution in [-0.4, -0.2) is 19.0 Å². The van der Waals surface area contributed by atoms with Gasteiger partial charge in [0.1, 0.15) is 0 Å². The maximum absolute atomic E-state index is 5.74. The first-order valence-corrected chi connectivity index (χ1v) is 6.12. The lowest BCUT2D eigenvalue weighted by Gasteiger charge is -2.33. The molecule has 14 heavy (non-hydrogen) atoms. The summed E-state index contributed by atoms with van der Waals surface area (Å²) >= 11 is 0. The third-order valence-electron chi connectivity index (χ3n) is 3.13. The number of hydrogen-bond donors (Lipinski definition) is 0. The van der Waals surface area contributed by atoms with Gasteiger partial charge in [0.25, 0.3) is 0 Å². The fourth-order valence-corrected chi connectivity index (χ4v) is 2.30. The molecule has 2 heteroatoms. The molecule has 2 fully saturated rings. The molecule has 1 saturated heterocycles. The van der Waals surface area contributed by atoms with Crippen molar-refractivity contribution in [2.24, 2.45) is 5.92 Å². The number of ether oxygens (including phenoxy) is 2. The van der Waals surface area contributed by atoms with Crippen LogP contribution in [-0.2, 0) is 9.47 Å². The molecule has 0 aromatic heterocycles. The summed E-state index contributed by atoms with van der Waals surface area (Å²) in [6, 6.07) is 0. The van der Waals surface area contributed by atoms with Crippen molar-refractivity contribution in [2.75, 3.05) is 13.2 Å². The quantitative estimate of drug-likeness (QED) is 0.646. The second kappa shape index (κ2) is 5.72. The second-order valence-electron chi connectivity index (χ2n) is 3.98. The Balaban J connectivity index is 0.000000461. The van der Waals surface area contributed by atoms with Crippen molar-refractivity contribution in [3.8, 4) is 0 Å². The minimum absolute atomic E-state index is 0.154. The van der Waals surface area contributed by atoms with Gasteiger partial charge in [-0.05, 0) is 18.8 Å². The summed E-state index contributed by atoms with van der Waals surface area (Å²) in [4.78, 5) is 0. The monoisotopic (exact) mass is 200 g/mol. The van der Waals surface area contributed by atoms with Crippen LogP contribution in [0.15, 0.2) is 0 Å². The SMILES string of the molecule is CC.CCC1CCC2(C1)OCCCO2. The molecule has 0 aromatic rings. The van der Waals surface area contributed by atoms with E-state index in [1.54, 1.807) is 0 Å². The molecule has 0 aromatic carbocycles. The van der Waals surface area contributed by atoms with E-state index in [9.17, 15) is 0 Å². The molecule has 0 N–H and O–H groups in total. The lowest BCUT2D eigenvalue weighted by molar-refractivity contribution is -0.263. The van der Waals surface area contributed by atoms with Crippen LogP contribution in [0, 0.1) is 5.92 Å². The Bertz CT molecular complexity index is 150. The van der Waals surface area contributed by atoms with Gasteiger partial charge in [-0.15, -0.1) is 0 Å². The smallest absolute Gasteiger partial charge is 0.168 e. The summed E-state index contributed by atoms with van der Waals surface area (Å²) in [5.74, 6) is 0.682. The predicted octanol–water partition coefficient (Wildman–Crippen LogP) is 3.36. The zero-order valence-corrected chi connectivity index (χ0v) is 9.84. The van der Waals surface area contributed by atoms with Crippen LogP contribution < -0.4 is 0 Å². The molecule has 2 rings (SSSR count). The topological polar surface area (TPSA) is 18.5 Å². The van der Waals surface area contributed by atoms with E-state index in [0.717, 1.165) is 38.4 Å². The molecule has 1 atom stereocenters. The van der Waals surface area contributed by atoms with Crippen LogP contribution in [0.2, 0.25) is 0 Å². The summed E-state index contributed by atoms with van der Waals surface area (Å²) in [6.07, 6.45) is 5.87. The first-order valence-electron chi connectivity index (χ1n) is 6.12. The summed E-state index contributed by atoms with van der Waals surface area (Å²) in [6.45, 7) is 8.05. The molecule has 1 aliphatic carbocycles. The third kappa shape index (κ3) is 2.71. The van der Waals surface area contributed by atoms with E-state index in [-0.39, 0.29) is 5.79 Å². The van der Waals surface area contributed by atoms with Gasteiger partial charge in [0.2, 0.25) is 0 Å². The molecule has 0 amide bonds. The third-order valence-corrected chi connectivity index (χ3v) is 3.13. The van der Waals surface area contributed by atoms with E-state index in [1.807, 2.05) is 13.8 Å². The lowest BCUT2D eigenvalue weighted by Crippen LogP contribution is -2.38. The average molecular weight is 200 g/mol. The van der Waals surface area contributed by atoms with E-state index in [0.29, 0.717) is 0 Å². The standard InChI is InChI=1S/C10H18O2.C2H6/c1-2-9-4-5-10(8-9)11-6-3-7-12-10;1-2/h9H,2-8H2,1H3;1-2H3. The molecule has 1 saturated carbocycles. The highest BCUT2D eigenvalue weighted by atomic mass is 16.7. The van der Waals surface area contributed by atoms with Crippen LogP contribution in [0.4, 0.5) is 0 Å². The van der Waals surface area contributed by atoms with Crippen LogP contribution in [0.5, 0.6) is 0 Å². The Hall–Kier alpha value is -0.0800. The minimum Gasteiger partial charge on any atom is -0.350 e. The van der Waals surface area contributed by atoms with Crippen molar-refractivity contribution in [2.45, 2.75) is 58.7 Å². The fourth-order valence-electron chi connectivity index (χ4n) is 2.30. The zero-order chi connectivity index (χ0) is 10.4. The molecule has 2 nitrogen and oxygen atoms in total. The van der Waals surface area contributed by atoms with E-state index < -0.39 is 0 Å². The predicted molar refractivity (Wildman–Crippen MR) is 58.2 cm³/mol. The minimum atomic E-state index is -0.154. The summed E-state index contributed by atoms with van der Waals surface area (Å²) in [5.41, 5.74) is 0. The first kappa shape index (κ1) is 12.0. The molecule has 1 aliphatic heterocycles. The van der Waals surface area contributed by atoms with Gasteiger partial charge in [-0.25, -0.2) is 0 Å².